The SMILES string of the molecule is CCOP(=O)(OCC)C(NC(=O)CNC(=O)O)P(=O)(OCC)OCC. The molecule has 0 aromatic rings. The highest BCUT2D eigenvalue weighted by atomic mass is 31.2. The smallest absolute Gasteiger partial charge is 0.405 e. The standard InChI is InChI=1S/C12H26N2O9P2/c1-5-20-24(18,21-6-2)12(14-10(15)9-13-11(16)17)25(19,22-7-3)23-8-4/h12-13H,5-9H2,1-4H3,(H,14,15)(H,16,17). The maximum Gasteiger partial charge on any atom is 0.405 e. The van der Waals surface area contributed by atoms with Crippen LogP contribution in [-0.2, 0) is 32.0 Å². The van der Waals surface area contributed by atoms with E-state index >= 15 is 0 Å². The fourth-order valence-electron chi connectivity index (χ4n) is 1.76. The van der Waals surface area contributed by atoms with E-state index in [0.717, 1.165) is 0 Å². The molecule has 0 atom stereocenters. The molecule has 0 aromatic carbocycles. The van der Waals surface area contributed by atoms with Crippen molar-refractivity contribution in [2.24, 2.45) is 0 Å². The van der Waals surface area contributed by atoms with E-state index in [4.69, 9.17) is 23.2 Å². The third-order valence-corrected chi connectivity index (χ3v) is 8.15. The number of hydrogen-bond donors (Lipinski definition) is 3. The van der Waals surface area contributed by atoms with Crippen LogP contribution in [0.4, 0.5) is 4.79 Å². The van der Waals surface area contributed by atoms with Gasteiger partial charge in [0.05, 0.1) is 26.4 Å². The predicted octanol–water partition coefficient (Wildman–Crippen LogP) is 2.19. The Balaban J connectivity index is 5.75. The second kappa shape index (κ2) is 11.6. The average Bonchev–Trinajstić information content (AvgIpc) is 2.51. The maximum atomic E-state index is 13.1. The topological polar surface area (TPSA) is 149 Å². The molecular weight excluding hydrogens is 378 g/mol. The summed E-state index contributed by atoms with van der Waals surface area (Å²) in [7, 11) is -8.26. The number of carbonyl (C=O) groups excluding carboxylic acids is 1. The fourth-order valence-corrected chi connectivity index (χ4v) is 6.70. The first kappa shape index (κ1) is 24.0. The molecule has 0 aromatic heterocycles. The van der Waals surface area contributed by atoms with Gasteiger partial charge < -0.3 is 33.8 Å². The van der Waals surface area contributed by atoms with Gasteiger partial charge in [0.15, 0.2) is 0 Å². The molecule has 2 amide bonds. The van der Waals surface area contributed by atoms with E-state index in [9.17, 15) is 18.7 Å². The molecule has 0 aliphatic rings. The second-order valence-electron chi connectivity index (χ2n) is 4.35. The van der Waals surface area contributed by atoms with Crippen LogP contribution in [0, 0.1) is 0 Å². The first-order valence-electron chi connectivity index (χ1n) is 7.72. The highest BCUT2D eigenvalue weighted by Gasteiger charge is 2.52. The van der Waals surface area contributed by atoms with Crippen molar-refractivity contribution >= 4 is 27.2 Å². The molecule has 0 unspecified atom stereocenters. The monoisotopic (exact) mass is 404 g/mol. The van der Waals surface area contributed by atoms with Crippen molar-refractivity contribution in [3.8, 4) is 0 Å². The summed E-state index contributed by atoms with van der Waals surface area (Å²) in [6.45, 7) is 5.34. The van der Waals surface area contributed by atoms with Crippen molar-refractivity contribution in [1.29, 1.82) is 0 Å². The van der Waals surface area contributed by atoms with Crippen molar-refractivity contribution in [1.82, 2.24) is 10.6 Å². The van der Waals surface area contributed by atoms with Gasteiger partial charge in [0.25, 0.3) is 0 Å². The molecule has 0 rings (SSSR count). The van der Waals surface area contributed by atoms with Gasteiger partial charge in [0, 0.05) is 0 Å². The molecule has 0 aliphatic carbocycles. The molecule has 0 aliphatic heterocycles. The Labute approximate surface area is 146 Å². The minimum Gasteiger partial charge on any atom is -0.465 e. The van der Waals surface area contributed by atoms with Crippen molar-refractivity contribution in [3.05, 3.63) is 0 Å². The van der Waals surface area contributed by atoms with Crippen LogP contribution < -0.4 is 10.6 Å². The Morgan fingerprint density at radius 3 is 1.52 bits per heavy atom. The summed E-state index contributed by atoms with van der Waals surface area (Å²) < 4.78 is 46.7. The van der Waals surface area contributed by atoms with Crippen LogP contribution in [0.5, 0.6) is 0 Å². The zero-order valence-corrected chi connectivity index (χ0v) is 16.5. The average molecular weight is 404 g/mol. The van der Waals surface area contributed by atoms with E-state index in [1.165, 1.54) is 0 Å². The Morgan fingerprint density at radius 2 is 1.24 bits per heavy atom. The molecule has 13 heteroatoms. The third-order valence-electron chi connectivity index (χ3n) is 2.53. The summed E-state index contributed by atoms with van der Waals surface area (Å²) in [6.07, 6.45) is -1.43. The molecule has 3 N–H and O–H groups in total. The van der Waals surface area contributed by atoms with Crippen LogP contribution in [0.15, 0.2) is 0 Å². The summed E-state index contributed by atoms with van der Waals surface area (Å²) >= 11 is 0. The first-order chi connectivity index (χ1) is 11.7. The molecule has 11 nitrogen and oxygen atoms in total. The zero-order valence-electron chi connectivity index (χ0n) is 14.7. The van der Waals surface area contributed by atoms with Gasteiger partial charge in [-0.15, -0.1) is 0 Å². The Morgan fingerprint density at radius 1 is 0.880 bits per heavy atom. The number of hydrogen-bond acceptors (Lipinski definition) is 8. The number of carboxylic acid groups (broad SMARTS) is 1. The van der Waals surface area contributed by atoms with Crippen molar-refractivity contribution in [3.63, 3.8) is 0 Å². The first-order valence-corrected chi connectivity index (χ1v) is 10.9. The molecular formula is C12H26N2O9P2. The summed E-state index contributed by atoms with van der Waals surface area (Å²) in [5, 5.41) is 12.6. The normalized spacial score (nSPS) is 12.2. The van der Waals surface area contributed by atoms with Crippen LogP contribution in [0.2, 0.25) is 0 Å². The van der Waals surface area contributed by atoms with Gasteiger partial charge in [-0.3, -0.25) is 13.9 Å². The third kappa shape index (κ3) is 7.85. The lowest BCUT2D eigenvalue weighted by Crippen LogP contribution is -2.42. The summed E-state index contributed by atoms with van der Waals surface area (Å²) in [4.78, 5) is 22.5. The van der Waals surface area contributed by atoms with Gasteiger partial charge in [-0.1, -0.05) is 0 Å². The molecule has 0 radical (unpaired) electrons. The van der Waals surface area contributed by atoms with E-state index < -0.39 is 39.3 Å². The van der Waals surface area contributed by atoms with E-state index in [1.54, 1.807) is 27.7 Å². The van der Waals surface area contributed by atoms with E-state index in [-0.39, 0.29) is 26.4 Å². The van der Waals surface area contributed by atoms with E-state index in [1.807, 2.05) is 5.32 Å². The number of carbonyl (C=O) groups is 2. The van der Waals surface area contributed by atoms with E-state index in [2.05, 4.69) is 5.32 Å². The van der Waals surface area contributed by atoms with Crippen LogP contribution in [-0.4, -0.2) is 55.6 Å². The quantitative estimate of drug-likeness (QED) is 0.393. The summed E-state index contributed by atoms with van der Waals surface area (Å²) in [5.74, 6) is -0.897. The lowest BCUT2D eigenvalue weighted by Gasteiger charge is -2.31. The number of amides is 2. The predicted molar refractivity (Wildman–Crippen MR) is 89.7 cm³/mol. The van der Waals surface area contributed by atoms with Gasteiger partial charge in [-0.2, -0.15) is 0 Å². The molecule has 0 saturated heterocycles. The molecule has 0 spiro atoms. The summed E-state index contributed by atoms with van der Waals surface area (Å²) in [6, 6.07) is 0. The lowest BCUT2D eigenvalue weighted by atomic mass is 10.6. The van der Waals surface area contributed by atoms with Gasteiger partial charge in [-0.05, 0) is 27.7 Å². The Bertz CT molecular complexity index is 479. The van der Waals surface area contributed by atoms with Gasteiger partial charge in [-0.25, -0.2) is 4.79 Å². The van der Waals surface area contributed by atoms with Gasteiger partial charge in [0.1, 0.15) is 6.54 Å². The number of nitrogens with one attached hydrogen (secondary N) is 2. The molecule has 148 valence electrons. The van der Waals surface area contributed by atoms with Crippen LogP contribution in [0.1, 0.15) is 27.7 Å². The van der Waals surface area contributed by atoms with Crippen molar-refractivity contribution < 1.29 is 41.9 Å². The number of rotatable bonds is 13. The molecule has 0 saturated carbocycles. The minimum atomic E-state index is -4.13. The highest BCUT2D eigenvalue weighted by molar-refractivity contribution is 7.72. The van der Waals surface area contributed by atoms with E-state index in [0.29, 0.717) is 0 Å². The maximum absolute atomic E-state index is 13.1. The van der Waals surface area contributed by atoms with Crippen LogP contribution in [0.25, 0.3) is 0 Å². The van der Waals surface area contributed by atoms with Crippen molar-refractivity contribution in [2.45, 2.75) is 33.2 Å². The fraction of sp³-hybridized carbons (Fsp3) is 0.833. The minimum absolute atomic E-state index is 0.0464. The second-order valence-corrected chi connectivity index (χ2v) is 8.98. The molecule has 0 bridgehead atoms. The Hall–Kier alpha value is -0.960. The molecule has 25 heavy (non-hydrogen) atoms. The lowest BCUT2D eigenvalue weighted by molar-refractivity contribution is -0.120. The van der Waals surface area contributed by atoms with Crippen LogP contribution in [0.3, 0.4) is 0 Å². The largest absolute Gasteiger partial charge is 0.465 e. The van der Waals surface area contributed by atoms with Gasteiger partial charge in [0.2, 0.25) is 11.4 Å². The molecule has 0 fully saturated rings. The zero-order chi connectivity index (χ0) is 19.5. The van der Waals surface area contributed by atoms with Gasteiger partial charge >= 0.3 is 21.3 Å². The Kier molecular flexibility index (Phi) is 11.2. The highest BCUT2D eigenvalue weighted by Crippen LogP contribution is 2.69. The van der Waals surface area contributed by atoms with Crippen molar-refractivity contribution in [2.75, 3.05) is 33.0 Å². The summed E-state index contributed by atoms with van der Waals surface area (Å²) in [5.41, 5.74) is -1.73. The van der Waals surface area contributed by atoms with Crippen LogP contribution >= 0.6 is 15.2 Å². The molecule has 0 heterocycles.